The van der Waals surface area contributed by atoms with Gasteiger partial charge in [0, 0.05) is 17.1 Å². The molecule has 0 unspecified atom stereocenters. The molecule has 106 valence electrons. The summed E-state index contributed by atoms with van der Waals surface area (Å²) in [4.78, 5) is 0. The van der Waals surface area contributed by atoms with Crippen molar-refractivity contribution in [1.82, 2.24) is 5.32 Å². The van der Waals surface area contributed by atoms with Gasteiger partial charge in [0.25, 0.3) is 0 Å². The third kappa shape index (κ3) is 3.63. The Bertz CT molecular complexity index is 604. The molecule has 0 saturated carbocycles. The van der Waals surface area contributed by atoms with E-state index in [2.05, 4.69) is 5.32 Å². The lowest BCUT2D eigenvalue weighted by molar-refractivity contribution is 0.472. The van der Waals surface area contributed by atoms with Crippen LogP contribution in [0.1, 0.15) is 12.5 Å². The van der Waals surface area contributed by atoms with Crippen molar-refractivity contribution in [2.75, 3.05) is 6.54 Å². The first-order valence-electron chi connectivity index (χ1n) is 6.23. The summed E-state index contributed by atoms with van der Waals surface area (Å²) in [5, 5.41) is 4.03. The van der Waals surface area contributed by atoms with Crippen molar-refractivity contribution in [3.63, 3.8) is 0 Å². The molecule has 0 spiro atoms. The predicted octanol–water partition coefficient (Wildman–Crippen LogP) is 5.03. The highest BCUT2D eigenvalue weighted by molar-refractivity contribution is 6.32. The molecule has 0 fully saturated rings. The van der Waals surface area contributed by atoms with Crippen LogP contribution in [0.15, 0.2) is 36.4 Å². The van der Waals surface area contributed by atoms with Crippen LogP contribution >= 0.6 is 23.2 Å². The average Bonchev–Trinajstić information content (AvgIpc) is 2.41. The average molecular weight is 314 g/mol. The first-order chi connectivity index (χ1) is 9.61. The SMILES string of the molecule is CCNCc1c(Cl)cccc1Oc1ccc(F)cc1Cl. The standard InChI is InChI=1S/C15H14Cl2FNO/c1-2-19-9-11-12(16)4-3-5-14(11)20-15-7-6-10(18)8-13(15)17/h3-8,19H,2,9H2,1H3. The van der Waals surface area contributed by atoms with Crippen LogP contribution in [0.2, 0.25) is 10.0 Å². The fourth-order valence-electron chi connectivity index (χ4n) is 1.73. The second-order valence-corrected chi connectivity index (χ2v) is 4.99. The molecule has 2 nitrogen and oxygen atoms in total. The summed E-state index contributed by atoms with van der Waals surface area (Å²) in [6.07, 6.45) is 0. The minimum atomic E-state index is -0.402. The zero-order chi connectivity index (χ0) is 14.5. The van der Waals surface area contributed by atoms with Crippen molar-refractivity contribution in [2.24, 2.45) is 0 Å². The Kier molecular flexibility index (Phi) is 5.24. The van der Waals surface area contributed by atoms with Gasteiger partial charge < -0.3 is 10.1 Å². The molecule has 0 bridgehead atoms. The second-order valence-electron chi connectivity index (χ2n) is 4.17. The Labute approximate surface area is 127 Å². The van der Waals surface area contributed by atoms with E-state index < -0.39 is 5.82 Å². The van der Waals surface area contributed by atoms with Crippen LogP contribution < -0.4 is 10.1 Å². The number of ether oxygens (including phenoxy) is 1. The van der Waals surface area contributed by atoms with Crippen LogP contribution in [-0.2, 0) is 6.54 Å². The summed E-state index contributed by atoms with van der Waals surface area (Å²) in [5.74, 6) is 0.598. The second kappa shape index (κ2) is 6.93. The van der Waals surface area contributed by atoms with E-state index in [1.165, 1.54) is 18.2 Å². The zero-order valence-electron chi connectivity index (χ0n) is 10.9. The molecule has 0 aliphatic carbocycles. The van der Waals surface area contributed by atoms with E-state index in [1.807, 2.05) is 6.92 Å². The molecule has 2 aromatic carbocycles. The van der Waals surface area contributed by atoms with Crippen LogP contribution in [0.3, 0.4) is 0 Å². The monoisotopic (exact) mass is 313 g/mol. The summed E-state index contributed by atoms with van der Waals surface area (Å²) in [7, 11) is 0. The first kappa shape index (κ1) is 15.1. The summed E-state index contributed by atoms with van der Waals surface area (Å²) in [5.41, 5.74) is 0.844. The minimum absolute atomic E-state index is 0.222. The number of rotatable bonds is 5. The highest BCUT2D eigenvalue weighted by Gasteiger charge is 2.11. The lowest BCUT2D eigenvalue weighted by Crippen LogP contribution is -2.12. The molecule has 0 heterocycles. The highest BCUT2D eigenvalue weighted by Crippen LogP contribution is 2.34. The fraction of sp³-hybridized carbons (Fsp3) is 0.200. The zero-order valence-corrected chi connectivity index (χ0v) is 12.4. The molecule has 5 heteroatoms. The Balaban J connectivity index is 2.30. The Morgan fingerprint density at radius 1 is 1.10 bits per heavy atom. The van der Waals surface area contributed by atoms with E-state index in [0.29, 0.717) is 23.1 Å². The first-order valence-corrected chi connectivity index (χ1v) is 6.98. The van der Waals surface area contributed by atoms with Gasteiger partial charge in [-0.05, 0) is 36.9 Å². The number of halogens is 3. The van der Waals surface area contributed by atoms with Crippen LogP contribution in [0.25, 0.3) is 0 Å². The third-order valence-electron chi connectivity index (χ3n) is 2.74. The van der Waals surface area contributed by atoms with Gasteiger partial charge in [0.15, 0.2) is 0 Å². The van der Waals surface area contributed by atoms with Gasteiger partial charge >= 0.3 is 0 Å². The molecular weight excluding hydrogens is 300 g/mol. The molecule has 0 radical (unpaired) electrons. The molecule has 2 rings (SSSR count). The summed E-state index contributed by atoms with van der Waals surface area (Å²) < 4.78 is 18.8. The number of benzene rings is 2. The maximum Gasteiger partial charge on any atom is 0.146 e. The van der Waals surface area contributed by atoms with E-state index in [-0.39, 0.29) is 5.02 Å². The fourth-order valence-corrected chi connectivity index (χ4v) is 2.17. The molecule has 1 N–H and O–H groups in total. The van der Waals surface area contributed by atoms with E-state index in [1.54, 1.807) is 18.2 Å². The van der Waals surface area contributed by atoms with Crippen LogP contribution in [0.4, 0.5) is 4.39 Å². The van der Waals surface area contributed by atoms with Crippen molar-refractivity contribution < 1.29 is 9.13 Å². The lowest BCUT2D eigenvalue weighted by atomic mass is 10.2. The molecule has 0 aromatic heterocycles. The molecule has 0 aliphatic heterocycles. The Morgan fingerprint density at radius 3 is 2.60 bits per heavy atom. The molecular formula is C15H14Cl2FNO. The molecule has 0 amide bonds. The maximum absolute atomic E-state index is 13.0. The lowest BCUT2D eigenvalue weighted by Gasteiger charge is -2.14. The summed E-state index contributed by atoms with van der Waals surface area (Å²) >= 11 is 12.1. The number of hydrogen-bond acceptors (Lipinski definition) is 2. The largest absolute Gasteiger partial charge is 0.455 e. The van der Waals surface area contributed by atoms with E-state index in [9.17, 15) is 4.39 Å². The maximum atomic E-state index is 13.0. The molecule has 0 atom stereocenters. The quantitative estimate of drug-likeness (QED) is 0.835. The Hall–Kier alpha value is -1.29. The Morgan fingerprint density at radius 2 is 1.90 bits per heavy atom. The van der Waals surface area contributed by atoms with Crippen LogP contribution in [-0.4, -0.2) is 6.54 Å². The van der Waals surface area contributed by atoms with Crippen molar-refractivity contribution in [1.29, 1.82) is 0 Å². The highest BCUT2D eigenvalue weighted by atomic mass is 35.5. The van der Waals surface area contributed by atoms with Gasteiger partial charge in [0.2, 0.25) is 0 Å². The van der Waals surface area contributed by atoms with Crippen molar-refractivity contribution in [3.05, 3.63) is 57.8 Å². The van der Waals surface area contributed by atoms with Crippen LogP contribution in [0.5, 0.6) is 11.5 Å². The normalized spacial score (nSPS) is 10.6. The van der Waals surface area contributed by atoms with Crippen molar-refractivity contribution in [2.45, 2.75) is 13.5 Å². The summed E-state index contributed by atoms with van der Waals surface area (Å²) in [6.45, 7) is 3.42. The molecule has 0 saturated heterocycles. The topological polar surface area (TPSA) is 21.3 Å². The van der Waals surface area contributed by atoms with Gasteiger partial charge in [-0.15, -0.1) is 0 Å². The third-order valence-corrected chi connectivity index (χ3v) is 3.39. The van der Waals surface area contributed by atoms with Crippen molar-refractivity contribution in [3.8, 4) is 11.5 Å². The van der Waals surface area contributed by atoms with Gasteiger partial charge in [-0.1, -0.05) is 36.2 Å². The van der Waals surface area contributed by atoms with Gasteiger partial charge in [-0.3, -0.25) is 0 Å². The van der Waals surface area contributed by atoms with Gasteiger partial charge in [0.05, 0.1) is 5.02 Å². The number of nitrogens with one attached hydrogen (secondary N) is 1. The van der Waals surface area contributed by atoms with E-state index in [4.69, 9.17) is 27.9 Å². The van der Waals surface area contributed by atoms with E-state index in [0.717, 1.165) is 12.1 Å². The number of hydrogen-bond donors (Lipinski definition) is 1. The molecule has 20 heavy (non-hydrogen) atoms. The van der Waals surface area contributed by atoms with Crippen LogP contribution in [0, 0.1) is 5.82 Å². The molecule has 2 aromatic rings. The van der Waals surface area contributed by atoms with Gasteiger partial charge in [-0.25, -0.2) is 4.39 Å². The van der Waals surface area contributed by atoms with Crippen molar-refractivity contribution >= 4 is 23.2 Å². The van der Waals surface area contributed by atoms with Gasteiger partial charge in [-0.2, -0.15) is 0 Å². The predicted molar refractivity (Wildman–Crippen MR) is 80.3 cm³/mol. The summed E-state index contributed by atoms with van der Waals surface area (Å²) in [6, 6.07) is 9.41. The molecule has 0 aliphatic rings. The van der Waals surface area contributed by atoms with Gasteiger partial charge in [0.1, 0.15) is 17.3 Å². The van der Waals surface area contributed by atoms with E-state index >= 15 is 0 Å². The minimum Gasteiger partial charge on any atom is -0.455 e. The smallest absolute Gasteiger partial charge is 0.146 e.